The van der Waals surface area contributed by atoms with Crippen molar-refractivity contribution in [3.05, 3.63) is 0 Å². The summed E-state index contributed by atoms with van der Waals surface area (Å²) < 4.78 is 0. The highest BCUT2D eigenvalue weighted by atomic mass is 16.2. The molecule has 1 saturated carbocycles. The minimum atomic E-state index is 0.00179. The first-order valence-electron chi connectivity index (χ1n) is 9.11. The second kappa shape index (κ2) is 6.28. The predicted octanol–water partition coefficient (Wildman–Crippen LogP) is 3.15. The first-order valence-corrected chi connectivity index (χ1v) is 9.11. The molecule has 0 aromatic carbocycles. The summed E-state index contributed by atoms with van der Waals surface area (Å²) in [6, 6.07) is 0. The fourth-order valence-corrected chi connectivity index (χ4v) is 4.78. The quantitative estimate of drug-likeness (QED) is 0.743. The maximum absolute atomic E-state index is 12.7. The van der Waals surface area contributed by atoms with Crippen LogP contribution in [0.15, 0.2) is 0 Å². The van der Waals surface area contributed by atoms with E-state index < -0.39 is 0 Å². The fourth-order valence-electron chi connectivity index (χ4n) is 4.78. The lowest BCUT2D eigenvalue weighted by molar-refractivity contribution is -0.167. The van der Waals surface area contributed by atoms with Crippen LogP contribution >= 0.6 is 0 Å². The zero-order valence-corrected chi connectivity index (χ0v) is 13.9. The zero-order valence-electron chi connectivity index (χ0n) is 13.9. The second-order valence-electron chi connectivity index (χ2n) is 8.20. The average Bonchev–Trinajstić information content (AvgIpc) is 2.47. The van der Waals surface area contributed by atoms with Crippen molar-refractivity contribution in [3.8, 4) is 0 Å². The van der Waals surface area contributed by atoms with E-state index in [1.54, 1.807) is 0 Å². The molecule has 0 unspecified atom stereocenters. The Bertz CT molecular complexity index is 375. The number of β-lactam (4-membered cyclic amide) rings is 1. The Morgan fingerprint density at radius 3 is 2.57 bits per heavy atom. The Morgan fingerprint density at radius 2 is 1.90 bits per heavy atom. The molecule has 0 aromatic rings. The third-order valence-corrected chi connectivity index (χ3v) is 5.72. The van der Waals surface area contributed by atoms with Crippen LogP contribution in [0.2, 0.25) is 0 Å². The van der Waals surface area contributed by atoms with Crippen LogP contribution in [0.4, 0.5) is 0 Å². The van der Waals surface area contributed by atoms with Crippen molar-refractivity contribution in [2.75, 3.05) is 32.7 Å². The van der Waals surface area contributed by atoms with E-state index in [2.05, 4.69) is 23.6 Å². The normalized spacial score (nSPS) is 32.0. The Hall–Kier alpha value is -0.570. The average molecular weight is 292 g/mol. The summed E-state index contributed by atoms with van der Waals surface area (Å²) in [4.78, 5) is 17.5. The number of hydrogen-bond donors (Lipinski definition) is 0. The molecule has 1 aliphatic carbocycles. The fraction of sp³-hybridized carbons (Fsp3) is 0.944. The molecule has 3 aliphatic rings. The lowest BCUT2D eigenvalue weighted by Gasteiger charge is -2.54. The number of hydrogen-bond acceptors (Lipinski definition) is 2. The molecule has 3 rings (SSSR count). The van der Waals surface area contributed by atoms with Gasteiger partial charge in [0.25, 0.3) is 0 Å². The standard InChI is InChI=1S/C18H32N2O/c1-15(2)11-19-10-6-9-18(13-19)14-20(17(18)21)12-16-7-4-3-5-8-16/h15-16H,3-14H2,1-2H3/t18-/m1/s1. The number of nitrogens with zero attached hydrogens (tertiary/aromatic N) is 2. The Labute approximate surface area is 130 Å². The van der Waals surface area contributed by atoms with Gasteiger partial charge in [-0.3, -0.25) is 4.79 Å². The van der Waals surface area contributed by atoms with Gasteiger partial charge in [0.15, 0.2) is 0 Å². The number of rotatable bonds is 4. The maximum atomic E-state index is 12.7. The van der Waals surface area contributed by atoms with Gasteiger partial charge in [-0.25, -0.2) is 0 Å². The van der Waals surface area contributed by atoms with Gasteiger partial charge in [0, 0.05) is 26.2 Å². The molecule has 0 radical (unpaired) electrons. The van der Waals surface area contributed by atoms with Gasteiger partial charge in [0.1, 0.15) is 0 Å². The van der Waals surface area contributed by atoms with E-state index >= 15 is 0 Å². The molecular formula is C18H32N2O. The summed E-state index contributed by atoms with van der Waals surface area (Å²) in [5.41, 5.74) is 0.00179. The smallest absolute Gasteiger partial charge is 0.231 e. The summed E-state index contributed by atoms with van der Waals surface area (Å²) in [5, 5.41) is 0. The number of carbonyl (C=O) groups is 1. The van der Waals surface area contributed by atoms with Crippen LogP contribution in [0.5, 0.6) is 0 Å². The Kier molecular flexibility index (Phi) is 4.58. The van der Waals surface area contributed by atoms with Crippen molar-refractivity contribution < 1.29 is 4.79 Å². The van der Waals surface area contributed by atoms with E-state index in [1.165, 1.54) is 45.1 Å². The molecule has 1 atom stereocenters. The van der Waals surface area contributed by atoms with Crippen molar-refractivity contribution in [2.24, 2.45) is 17.3 Å². The molecule has 120 valence electrons. The van der Waals surface area contributed by atoms with Crippen LogP contribution in [0.1, 0.15) is 58.8 Å². The summed E-state index contributed by atoms with van der Waals surface area (Å²) in [6.07, 6.45) is 9.17. The predicted molar refractivity (Wildman–Crippen MR) is 86.1 cm³/mol. The van der Waals surface area contributed by atoms with Gasteiger partial charge in [-0.1, -0.05) is 33.1 Å². The molecule has 3 nitrogen and oxygen atoms in total. The van der Waals surface area contributed by atoms with Gasteiger partial charge < -0.3 is 9.80 Å². The third-order valence-electron chi connectivity index (χ3n) is 5.72. The van der Waals surface area contributed by atoms with E-state index in [9.17, 15) is 4.79 Å². The van der Waals surface area contributed by atoms with E-state index in [0.717, 1.165) is 38.5 Å². The molecule has 0 bridgehead atoms. The van der Waals surface area contributed by atoms with Gasteiger partial charge >= 0.3 is 0 Å². The number of carbonyl (C=O) groups excluding carboxylic acids is 1. The van der Waals surface area contributed by atoms with Crippen molar-refractivity contribution in [1.29, 1.82) is 0 Å². The van der Waals surface area contributed by atoms with Gasteiger partial charge in [0.05, 0.1) is 5.41 Å². The Morgan fingerprint density at radius 1 is 1.14 bits per heavy atom. The monoisotopic (exact) mass is 292 g/mol. The second-order valence-corrected chi connectivity index (χ2v) is 8.20. The lowest BCUT2D eigenvalue weighted by Crippen LogP contribution is -2.67. The van der Waals surface area contributed by atoms with Crippen LogP contribution < -0.4 is 0 Å². The van der Waals surface area contributed by atoms with Crippen molar-refractivity contribution >= 4 is 5.91 Å². The van der Waals surface area contributed by atoms with Crippen LogP contribution in [0, 0.1) is 17.3 Å². The first kappa shape index (κ1) is 15.3. The van der Waals surface area contributed by atoms with Crippen LogP contribution in [0.3, 0.4) is 0 Å². The molecule has 1 spiro atoms. The highest BCUT2D eigenvalue weighted by molar-refractivity contribution is 5.89. The highest BCUT2D eigenvalue weighted by Gasteiger charge is 2.53. The molecule has 2 aliphatic heterocycles. The van der Waals surface area contributed by atoms with E-state index in [-0.39, 0.29) is 5.41 Å². The number of piperidine rings is 1. The van der Waals surface area contributed by atoms with Crippen LogP contribution in [-0.4, -0.2) is 48.4 Å². The van der Waals surface area contributed by atoms with E-state index in [4.69, 9.17) is 0 Å². The highest BCUT2D eigenvalue weighted by Crippen LogP contribution is 2.41. The third kappa shape index (κ3) is 3.28. The number of likely N-dealkylation sites (tertiary alicyclic amines) is 2. The molecule has 3 heteroatoms. The molecule has 0 aromatic heterocycles. The molecule has 1 amide bonds. The summed E-state index contributed by atoms with van der Waals surface area (Å²) in [7, 11) is 0. The minimum absolute atomic E-state index is 0.00179. The summed E-state index contributed by atoms with van der Waals surface area (Å²) in [6.45, 7) is 10.00. The number of amides is 1. The van der Waals surface area contributed by atoms with Gasteiger partial charge in [-0.05, 0) is 44.1 Å². The van der Waals surface area contributed by atoms with Crippen LogP contribution in [-0.2, 0) is 4.79 Å². The Balaban J connectivity index is 1.52. The van der Waals surface area contributed by atoms with E-state index in [1.807, 2.05) is 0 Å². The summed E-state index contributed by atoms with van der Waals surface area (Å²) in [5.74, 6) is 1.96. The molecule has 3 fully saturated rings. The first-order chi connectivity index (χ1) is 10.1. The van der Waals surface area contributed by atoms with Crippen LogP contribution in [0.25, 0.3) is 0 Å². The van der Waals surface area contributed by atoms with E-state index in [0.29, 0.717) is 11.8 Å². The van der Waals surface area contributed by atoms with Crippen molar-refractivity contribution in [3.63, 3.8) is 0 Å². The molecule has 2 saturated heterocycles. The van der Waals surface area contributed by atoms with Crippen molar-refractivity contribution in [1.82, 2.24) is 9.80 Å². The van der Waals surface area contributed by atoms with Gasteiger partial charge in [0.2, 0.25) is 5.91 Å². The molecular weight excluding hydrogens is 260 g/mol. The van der Waals surface area contributed by atoms with Crippen molar-refractivity contribution in [2.45, 2.75) is 58.8 Å². The summed E-state index contributed by atoms with van der Waals surface area (Å²) >= 11 is 0. The maximum Gasteiger partial charge on any atom is 0.231 e. The minimum Gasteiger partial charge on any atom is -0.341 e. The van der Waals surface area contributed by atoms with Gasteiger partial charge in [-0.2, -0.15) is 0 Å². The lowest BCUT2D eigenvalue weighted by atomic mass is 9.71. The SMILES string of the molecule is CC(C)CN1CCC[C@@]2(C1)CN(CC1CCCCC1)C2=O. The zero-order chi connectivity index (χ0) is 14.9. The molecule has 0 N–H and O–H groups in total. The van der Waals surface area contributed by atoms with Gasteiger partial charge in [-0.15, -0.1) is 0 Å². The largest absolute Gasteiger partial charge is 0.341 e. The molecule has 2 heterocycles. The topological polar surface area (TPSA) is 23.6 Å². The molecule has 21 heavy (non-hydrogen) atoms.